The number of rotatable bonds is 0. The summed E-state index contributed by atoms with van der Waals surface area (Å²) in [6, 6.07) is 8.18. The fraction of sp³-hybridized carbons (Fsp3) is 0.500. The summed E-state index contributed by atoms with van der Waals surface area (Å²) in [7, 11) is 0. The van der Waals surface area contributed by atoms with Gasteiger partial charge in [0, 0.05) is 17.7 Å². The Morgan fingerprint density at radius 1 is 1.28 bits per heavy atom. The summed E-state index contributed by atoms with van der Waals surface area (Å²) in [5, 5.41) is 0.711. The molecule has 2 heterocycles. The zero-order valence-corrected chi connectivity index (χ0v) is 11.8. The third kappa shape index (κ3) is 2.34. The number of ether oxygens (including phenoxy) is 1. The van der Waals surface area contributed by atoms with Crippen molar-refractivity contribution in [3.8, 4) is 5.75 Å². The SMILES string of the molecule is CC.NC1=NC2(CCOc3ccccc32)CCS1. The van der Waals surface area contributed by atoms with Crippen LogP contribution in [0, 0.1) is 0 Å². The molecule has 3 nitrogen and oxygen atoms in total. The average molecular weight is 264 g/mol. The lowest BCUT2D eigenvalue weighted by Gasteiger charge is -2.37. The van der Waals surface area contributed by atoms with Crippen LogP contribution in [-0.4, -0.2) is 17.5 Å². The second-order valence-electron chi connectivity index (χ2n) is 4.17. The number of hydrogen-bond donors (Lipinski definition) is 1. The summed E-state index contributed by atoms with van der Waals surface area (Å²) >= 11 is 1.65. The molecule has 0 radical (unpaired) electrons. The Kier molecular flexibility index (Phi) is 4.17. The first kappa shape index (κ1) is 13.3. The Hall–Kier alpha value is -1.16. The number of nitrogens with zero attached hydrogens (tertiary/aromatic N) is 1. The number of benzene rings is 1. The summed E-state index contributed by atoms with van der Waals surface area (Å²) in [5.74, 6) is 2.01. The number of nitrogens with two attached hydrogens (primary N) is 1. The van der Waals surface area contributed by atoms with Crippen LogP contribution in [0.25, 0.3) is 0 Å². The highest BCUT2D eigenvalue weighted by Crippen LogP contribution is 2.44. The smallest absolute Gasteiger partial charge is 0.154 e. The maximum atomic E-state index is 5.87. The van der Waals surface area contributed by atoms with Crippen molar-refractivity contribution in [2.75, 3.05) is 12.4 Å². The molecular weight excluding hydrogens is 244 g/mol. The zero-order valence-electron chi connectivity index (χ0n) is 11.0. The van der Waals surface area contributed by atoms with Gasteiger partial charge in [-0.3, -0.25) is 4.99 Å². The zero-order chi connectivity index (χ0) is 13.0. The summed E-state index contributed by atoms with van der Waals surface area (Å²) in [6.45, 7) is 4.73. The van der Waals surface area contributed by atoms with Crippen molar-refractivity contribution < 1.29 is 4.74 Å². The standard InChI is InChI=1S/C12H14N2OS.C2H6/c13-11-14-12(6-8-16-11)5-7-15-10-4-2-1-3-9(10)12;1-2/h1-4H,5-8H2,(H2,13,14);1-2H3. The van der Waals surface area contributed by atoms with Crippen LogP contribution >= 0.6 is 11.8 Å². The van der Waals surface area contributed by atoms with Crippen LogP contribution in [0.4, 0.5) is 0 Å². The van der Waals surface area contributed by atoms with E-state index in [9.17, 15) is 0 Å². The Morgan fingerprint density at radius 2 is 2.06 bits per heavy atom. The molecule has 4 heteroatoms. The van der Waals surface area contributed by atoms with E-state index in [-0.39, 0.29) is 5.54 Å². The van der Waals surface area contributed by atoms with E-state index in [0.29, 0.717) is 5.17 Å². The number of para-hydroxylation sites is 1. The number of amidine groups is 1. The van der Waals surface area contributed by atoms with Crippen LogP contribution < -0.4 is 10.5 Å². The molecule has 0 amide bonds. The molecule has 1 aromatic rings. The Balaban J connectivity index is 0.000000574. The first-order valence-corrected chi connectivity index (χ1v) is 7.49. The van der Waals surface area contributed by atoms with E-state index in [4.69, 9.17) is 15.5 Å². The van der Waals surface area contributed by atoms with Gasteiger partial charge in [-0.15, -0.1) is 0 Å². The lowest BCUT2D eigenvalue weighted by Crippen LogP contribution is -2.36. The van der Waals surface area contributed by atoms with Crippen LogP contribution in [-0.2, 0) is 5.54 Å². The molecular formula is C14H20N2OS. The molecule has 1 atom stereocenters. The topological polar surface area (TPSA) is 47.6 Å². The van der Waals surface area contributed by atoms with Crippen molar-refractivity contribution in [1.29, 1.82) is 0 Å². The first-order valence-electron chi connectivity index (χ1n) is 6.51. The van der Waals surface area contributed by atoms with Gasteiger partial charge >= 0.3 is 0 Å². The Morgan fingerprint density at radius 3 is 2.83 bits per heavy atom. The Bertz CT molecular complexity index is 447. The van der Waals surface area contributed by atoms with Gasteiger partial charge in [-0.1, -0.05) is 43.8 Å². The van der Waals surface area contributed by atoms with Gasteiger partial charge in [0.1, 0.15) is 5.75 Å². The molecule has 0 saturated heterocycles. The van der Waals surface area contributed by atoms with Gasteiger partial charge in [0.25, 0.3) is 0 Å². The molecule has 2 aliphatic heterocycles. The molecule has 0 saturated carbocycles. The third-order valence-corrected chi connectivity index (χ3v) is 4.05. The van der Waals surface area contributed by atoms with Crippen molar-refractivity contribution in [2.24, 2.45) is 10.7 Å². The van der Waals surface area contributed by atoms with Crippen molar-refractivity contribution in [3.05, 3.63) is 29.8 Å². The highest BCUT2D eigenvalue weighted by Gasteiger charge is 2.39. The molecule has 0 aliphatic carbocycles. The molecule has 1 unspecified atom stereocenters. The second kappa shape index (κ2) is 5.65. The molecule has 0 bridgehead atoms. The van der Waals surface area contributed by atoms with E-state index in [1.165, 1.54) is 5.56 Å². The lowest BCUT2D eigenvalue weighted by molar-refractivity contribution is 0.214. The molecule has 1 spiro atoms. The lowest BCUT2D eigenvalue weighted by atomic mass is 9.83. The minimum Gasteiger partial charge on any atom is -0.493 e. The van der Waals surface area contributed by atoms with Gasteiger partial charge in [-0.2, -0.15) is 0 Å². The summed E-state index contributed by atoms with van der Waals surface area (Å²) in [4.78, 5) is 4.69. The fourth-order valence-corrected chi connectivity index (χ4v) is 3.33. The van der Waals surface area contributed by atoms with Crippen LogP contribution in [0.15, 0.2) is 29.3 Å². The average Bonchev–Trinajstić information content (AvgIpc) is 2.42. The van der Waals surface area contributed by atoms with Gasteiger partial charge in [0.2, 0.25) is 0 Å². The molecule has 1 aromatic carbocycles. The number of thioether (sulfide) groups is 1. The predicted octanol–water partition coefficient (Wildman–Crippen LogP) is 3.14. The van der Waals surface area contributed by atoms with Crippen LogP contribution in [0.3, 0.4) is 0 Å². The molecule has 2 aliphatic rings. The fourth-order valence-electron chi connectivity index (χ4n) is 2.44. The minimum atomic E-state index is -0.121. The van der Waals surface area contributed by atoms with Gasteiger partial charge in [-0.25, -0.2) is 0 Å². The second-order valence-corrected chi connectivity index (χ2v) is 5.29. The summed E-state index contributed by atoms with van der Waals surface area (Å²) in [5.41, 5.74) is 6.95. The van der Waals surface area contributed by atoms with Crippen LogP contribution in [0.1, 0.15) is 32.3 Å². The number of aliphatic imine (C=N–C) groups is 1. The van der Waals surface area contributed by atoms with Crippen molar-refractivity contribution in [3.63, 3.8) is 0 Å². The minimum absolute atomic E-state index is 0.121. The van der Waals surface area contributed by atoms with E-state index in [2.05, 4.69) is 6.07 Å². The van der Waals surface area contributed by atoms with Crippen LogP contribution in [0.2, 0.25) is 0 Å². The van der Waals surface area contributed by atoms with E-state index in [0.717, 1.165) is 31.0 Å². The molecule has 0 aromatic heterocycles. The molecule has 3 rings (SSSR count). The summed E-state index contributed by atoms with van der Waals surface area (Å²) in [6.07, 6.45) is 1.99. The van der Waals surface area contributed by atoms with E-state index >= 15 is 0 Å². The molecule has 18 heavy (non-hydrogen) atoms. The largest absolute Gasteiger partial charge is 0.493 e. The highest BCUT2D eigenvalue weighted by atomic mass is 32.2. The van der Waals surface area contributed by atoms with Gasteiger partial charge in [0.05, 0.1) is 12.1 Å². The van der Waals surface area contributed by atoms with Gasteiger partial charge in [0.15, 0.2) is 5.17 Å². The number of hydrogen-bond acceptors (Lipinski definition) is 4. The van der Waals surface area contributed by atoms with Gasteiger partial charge in [-0.05, 0) is 12.5 Å². The monoisotopic (exact) mass is 264 g/mol. The molecule has 0 fully saturated rings. The predicted molar refractivity (Wildman–Crippen MR) is 78.3 cm³/mol. The van der Waals surface area contributed by atoms with E-state index in [1.54, 1.807) is 11.8 Å². The molecule has 2 N–H and O–H groups in total. The highest BCUT2D eigenvalue weighted by molar-refractivity contribution is 8.13. The van der Waals surface area contributed by atoms with Crippen LogP contribution in [0.5, 0.6) is 5.75 Å². The van der Waals surface area contributed by atoms with Crippen molar-refractivity contribution in [1.82, 2.24) is 0 Å². The maximum Gasteiger partial charge on any atom is 0.154 e. The molecule has 98 valence electrons. The van der Waals surface area contributed by atoms with E-state index < -0.39 is 0 Å². The third-order valence-electron chi connectivity index (χ3n) is 3.25. The Labute approximate surface area is 113 Å². The normalized spacial score (nSPS) is 25.3. The summed E-state index contributed by atoms with van der Waals surface area (Å²) < 4.78 is 5.67. The number of fused-ring (bicyclic) bond motifs is 2. The quantitative estimate of drug-likeness (QED) is 0.783. The maximum absolute atomic E-state index is 5.87. The van der Waals surface area contributed by atoms with Crippen molar-refractivity contribution >= 4 is 16.9 Å². The first-order chi connectivity index (χ1) is 8.80. The van der Waals surface area contributed by atoms with Crippen molar-refractivity contribution in [2.45, 2.75) is 32.2 Å². The van der Waals surface area contributed by atoms with E-state index in [1.807, 2.05) is 32.0 Å². The van der Waals surface area contributed by atoms with Gasteiger partial charge < -0.3 is 10.5 Å².